The smallest absolute Gasteiger partial charge is 0.330 e. The molecular weight excluding hydrogens is 328 g/mol. The number of carbonyl (C=O) groups is 3. The molecule has 0 heterocycles. The van der Waals surface area contributed by atoms with Crippen molar-refractivity contribution in [2.24, 2.45) is 0 Å². The zero-order valence-electron chi connectivity index (χ0n) is 11.5. The van der Waals surface area contributed by atoms with Crippen molar-refractivity contribution < 1.29 is 47.1 Å². The zero-order valence-corrected chi connectivity index (χ0v) is 13.6. The van der Waals surface area contributed by atoms with Gasteiger partial charge in [-0.1, -0.05) is 19.7 Å². The second-order valence-electron chi connectivity index (χ2n) is 3.26. The third kappa shape index (κ3) is 36.0. The number of hydrogen-bond donors (Lipinski definition) is 3. The average molecular weight is 347 g/mol. The Morgan fingerprint density at radius 3 is 0.700 bits per heavy atom. The second-order valence-corrected chi connectivity index (χ2v) is 3.26. The zero-order chi connectivity index (χ0) is 15.5. The standard InChI is InChI=1S/3C4H6O2.ClH.Cr/c3*1-3(2)4(5)6;;/h3*1H2,2H3,(H,5,6);1H;. The fourth-order valence-corrected chi connectivity index (χ4v) is 0. The van der Waals surface area contributed by atoms with Crippen molar-refractivity contribution in [3.8, 4) is 0 Å². The molecule has 8 heteroatoms. The SMILES string of the molecule is C=C(C)C(=O)O.C=C(C)C(=O)O.C=C(C)C(=O)O.Cl.[Cr]. The molecule has 116 valence electrons. The molecule has 0 saturated heterocycles. The number of aliphatic carboxylic acids is 3. The Morgan fingerprint density at radius 1 is 0.650 bits per heavy atom. The minimum absolute atomic E-state index is 0. The molecule has 0 spiro atoms. The van der Waals surface area contributed by atoms with E-state index in [2.05, 4.69) is 19.7 Å². The van der Waals surface area contributed by atoms with Gasteiger partial charge in [-0.05, 0) is 20.8 Å². The van der Waals surface area contributed by atoms with E-state index in [-0.39, 0.29) is 46.5 Å². The largest absolute Gasteiger partial charge is 0.478 e. The number of rotatable bonds is 3. The van der Waals surface area contributed by atoms with E-state index in [1.54, 1.807) is 0 Å². The van der Waals surface area contributed by atoms with Crippen LogP contribution < -0.4 is 0 Å². The molecule has 0 unspecified atom stereocenters. The molecule has 0 fully saturated rings. The molecule has 0 aliphatic rings. The molecule has 0 aromatic carbocycles. The topological polar surface area (TPSA) is 112 Å². The van der Waals surface area contributed by atoms with E-state index in [0.717, 1.165) is 0 Å². The number of carboxylic acids is 3. The van der Waals surface area contributed by atoms with Gasteiger partial charge in [-0.2, -0.15) is 0 Å². The predicted molar refractivity (Wildman–Crippen MR) is 74.6 cm³/mol. The van der Waals surface area contributed by atoms with Crippen molar-refractivity contribution in [1.29, 1.82) is 0 Å². The van der Waals surface area contributed by atoms with Gasteiger partial charge in [-0.25, -0.2) is 14.4 Å². The van der Waals surface area contributed by atoms with E-state index in [0.29, 0.717) is 0 Å². The maximum absolute atomic E-state index is 9.60. The summed E-state index contributed by atoms with van der Waals surface area (Å²) < 4.78 is 0. The van der Waals surface area contributed by atoms with Gasteiger partial charge in [0.15, 0.2) is 0 Å². The molecular formula is C12H19ClCrO6. The first kappa shape index (κ1) is 31.1. The number of halogens is 1. The van der Waals surface area contributed by atoms with Crippen molar-refractivity contribution in [2.45, 2.75) is 20.8 Å². The monoisotopic (exact) mass is 346 g/mol. The molecule has 0 saturated carbocycles. The molecule has 3 N–H and O–H groups in total. The number of hydrogen-bond acceptors (Lipinski definition) is 3. The molecule has 0 aliphatic heterocycles. The summed E-state index contributed by atoms with van der Waals surface area (Å²) in [6.07, 6.45) is 0. The summed E-state index contributed by atoms with van der Waals surface area (Å²) in [5.74, 6) is -2.81. The summed E-state index contributed by atoms with van der Waals surface area (Å²) in [6.45, 7) is 13.8. The fraction of sp³-hybridized carbons (Fsp3) is 0.250. The van der Waals surface area contributed by atoms with Crippen LogP contribution in [0.5, 0.6) is 0 Å². The third-order valence-corrected chi connectivity index (χ3v) is 1.10. The van der Waals surface area contributed by atoms with Gasteiger partial charge < -0.3 is 15.3 Å². The molecule has 0 bridgehead atoms. The first-order valence-electron chi connectivity index (χ1n) is 4.59. The van der Waals surface area contributed by atoms with Gasteiger partial charge in [0.1, 0.15) is 0 Å². The first-order valence-corrected chi connectivity index (χ1v) is 4.59. The molecule has 0 aromatic heterocycles. The summed E-state index contributed by atoms with van der Waals surface area (Å²) >= 11 is 0. The van der Waals surface area contributed by atoms with Crippen molar-refractivity contribution in [3.63, 3.8) is 0 Å². The van der Waals surface area contributed by atoms with Crippen molar-refractivity contribution in [2.75, 3.05) is 0 Å². The van der Waals surface area contributed by atoms with Crippen LogP contribution in [0.1, 0.15) is 20.8 Å². The molecule has 20 heavy (non-hydrogen) atoms. The molecule has 0 amide bonds. The Labute approximate surface area is 135 Å². The predicted octanol–water partition coefficient (Wildman–Crippen LogP) is 2.36. The maximum atomic E-state index is 9.60. The van der Waals surface area contributed by atoms with Gasteiger partial charge in [-0.3, -0.25) is 0 Å². The van der Waals surface area contributed by atoms with Crippen LogP contribution in [-0.2, 0) is 31.7 Å². The summed E-state index contributed by atoms with van der Waals surface area (Å²) in [4.78, 5) is 28.8. The van der Waals surface area contributed by atoms with E-state index in [4.69, 9.17) is 15.3 Å². The Hall–Kier alpha value is -1.55. The van der Waals surface area contributed by atoms with Crippen LogP contribution in [0.4, 0.5) is 0 Å². The van der Waals surface area contributed by atoms with Crippen LogP contribution in [0.15, 0.2) is 36.5 Å². The van der Waals surface area contributed by atoms with Crippen molar-refractivity contribution in [3.05, 3.63) is 36.5 Å². The Kier molecular flexibility index (Phi) is 27.1. The average Bonchev–Trinajstić information content (AvgIpc) is 2.18. The van der Waals surface area contributed by atoms with E-state index >= 15 is 0 Å². The first-order chi connectivity index (χ1) is 7.93. The van der Waals surface area contributed by atoms with Crippen LogP contribution in [0.25, 0.3) is 0 Å². The van der Waals surface area contributed by atoms with E-state index in [9.17, 15) is 14.4 Å². The van der Waals surface area contributed by atoms with Crippen molar-refractivity contribution >= 4 is 30.3 Å². The second kappa shape index (κ2) is 17.5. The summed E-state index contributed by atoms with van der Waals surface area (Å²) in [5, 5.41) is 23.7. The van der Waals surface area contributed by atoms with E-state index < -0.39 is 17.9 Å². The van der Waals surface area contributed by atoms with Gasteiger partial charge in [0.05, 0.1) is 0 Å². The van der Waals surface area contributed by atoms with Gasteiger partial charge in [0.2, 0.25) is 0 Å². The maximum Gasteiger partial charge on any atom is 0.330 e. The summed E-state index contributed by atoms with van der Waals surface area (Å²) in [7, 11) is 0. The Morgan fingerprint density at radius 2 is 0.700 bits per heavy atom. The van der Waals surface area contributed by atoms with E-state index in [1.165, 1.54) is 20.8 Å². The Bertz CT molecular complexity index is 283. The van der Waals surface area contributed by atoms with Gasteiger partial charge >= 0.3 is 17.9 Å². The van der Waals surface area contributed by atoms with E-state index in [1.807, 2.05) is 0 Å². The van der Waals surface area contributed by atoms with Crippen LogP contribution >= 0.6 is 12.4 Å². The quantitative estimate of drug-likeness (QED) is 0.676. The van der Waals surface area contributed by atoms with Gasteiger partial charge in [0.25, 0.3) is 0 Å². The summed E-state index contributed by atoms with van der Waals surface area (Å²) in [5.41, 5.74) is 0.528. The van der Waals surface area contributed by atoms with Crippen LogP contribution in [-0.4, -0.2) is 33.2 Å². The minimum atomic E-state index is -0.935. The molecule has 0 radical (unpaired) electrons. The van der Waals surface area contributed by atoms with Gasteiger partial charge in [0, 0.05) is 34.1 Å². The molecule has 0 atom stereocenters. The van der Waals surface area contributed by atoms with Crippen molar-refractivity contribution in [1.82, 2.24) is 0 Å². The molecule has 6 nitrogen and oxygen atoms in total. The third-order valence-electron chi connectivity index (χ3n) is 1.10. The van der Waals surface area contributed by atoms with Crippen LogP contribution in [0, 0.1) is 0 Å². The number of carboxylic acid groups (broad SMARTS) is 3. The molecule has 0 aliphatic carbocycles. The van der Waals surface area contributed by atoms with Gasteiger partial charge in [-0.15, -0.1) is 12.4 Å². The molecule has 0 aromatic rings. The Balaban J connectivity index is -0.0000000536. The van der Waals surface area contributed by atoms with Crippen LogP contribution in [0.2, 0.25) is 0 Å². The normalized spacial score (nSPS) is 6.75. The molecule has 0 rings (SSSR count). The minimum Gasteiger partial charge on any atom is -0.478 e. The summed E-state index contributed by atoms with van der Waals surface area (Å²) in [6, 6.07) is 0. The van der Waals surface area contributed by atoms with Crippen LogP contribution in [0.3, 0.4) is 0 Å². The fourth-order valence-electron chi connectivity index (χ4n) is 0.